The topological polar surface area (TPSA) is 54.1 Å². The maximum absolute atomic E-state index is 12.8. The molecule has 0 fully saturated rings. The second-order valence-corrected chi connectivity index (χ2v) is 7.28. The number of hydrogen-bond acceptors (Lipinski definition) is 4. The third-order valence-electron chi connectivity index (χ3n) is 4.99. The fourth-order valence-corrected chi connectivity index (χ4v) is 3.36. The van der Waals surface area contributed by atoms with Gasteiger partial charge in [0.15, 0.2) is 11.5 Å². The van der Waals surface area contributed by atoms with E-state index in [1.54, 1.807) is 30.5 Å². The lowest BCUT2D eigenvalue weighted by molar-refractivity contribution is -0.137. The summed E-state index contributed by atoms with van der Waals surface area (Å²) in [5, 5.41) is 4.26. The zero-order chi connectivity index (χ0) is 22.7. The zero-order valence-electron chi connectivity index (χ0n) is 17.5. The van der Waals surface area contributed by atoms with Crippen molar-refractivity contribution >= 4 is 0 Å². The van der Waals surface area contributed by atoms with Gasteiger partial charge in [0.25, 0.3) is 0 Å². The van der Waals surface area contributed by atoms with Crippen molar-refractivity contribution in [2.45, 2.75) is 19.3 Å². The first kappa shape index (κ1) is 21.5. The van der Waals surface area contributed by atoms with Crippen LogP contribution in [-0.2, 0) is 26.4 Å². The molecule has 0 saturated carbocycles. The molecule has 0 radical (unpaired) electrons. The molecule has 0 spiro atoms. The lowest BCUT2D eigenvalue weighted by Crippen LogP contribution is -2.05. The van der Waals surface area contributed by atoms with Crippen molar-refractivity contribution in [3.63, 3.8) is 0 Å². The fraction of sp³-hybridized carbons (Fsp3) is 0.217. The second kappa shape index (κ2) is 8.78. The average molecular weight is 442 g/mol. The molecule has 0 aliphatic rings. The molecule has 0 aliphatic carbocycles. The molecule has 166 valence electrons. The van der Waals surface area contributed by atoms with Crippen molar-refractivity contribution in [2.75, 3.05) is 7.11 Å². The Labute approximate surface area is 182 Å². The third-order valence-corrected chi connectivity index (χ3v) is 4.99. The lowest BCUT2D eigenvalue weighted by Gasteiger charge is -2.16. The van der Waals surface area contributed by atoms with Gasteiger partial charge in [-0.2, -0.15) is 18.3 Å². The molecule has 9 heteroatoms. The quantitative estimate of drug-likeness (QED) is 0.407. The van der Waals surface area contributed by atoms with Crippen molar-refractivity contribution in [1.82, 2.24) is 19.3 Å². The Morgan fingerprint density at radius 1 is 1.06 bits per heavy atom. The molecule has 0 saturated heterocycles. The molecule has 2 aromatic heterocycles. The van der Waals surface area contributed by atoms with E-state index in [1.807, 2.05) is 36.1 Å². The van der Waals surface area contributed by atoms with Crippen molar-refractivity contribution in [3.8, 4) is 22.6 Å². The predicted molar refractivity (Wildman–Crippen MR) is 112 cm³/mol. The summed E-state index contributed by atoms with van der Waals surface area (Å²) in [4.78, 5) is 4.09. The highest BCUT2D eigenvalue weighted by molar-refractivity contribution is 5.70. The summed E-state index contributed by atoms with van der Waals surface area (Å²) >= 11 is 0. The number of imidazole rings is 1. The Kier molecular flexibility index (Phi) is 5.89. The van der Waals surface area contributed by atoms with Crippen molar-refractivity contribution in [2.24, 2.45) is 7.05 Å². The molecular formula is C23H21F3N4O2. The largest absolute Gasteiger partial charge is 0.493 e. The number of aryl methyl sites for hydroxylation is 1. The van der Waals surface area contributed by atoms with Gasteiger partial charge in [-0.1, -0.05) is 12.1 Å². The first-order valence-electron chi connectivity index (χ1n) is 9.78. The molecule has 0 atom stereocenters. The highest BCUT2D eigenvalue weighted by Gasteiger charge is 2.29. The molecule has 4 aromatic rings. The highest BCUT2D eigenvalue weighted by atomic mass is 19.4. The van der Waals surface area contributed by atoms with Gasteiger partial charge < -0.3 is 14.0 Å². The maximum atomic E-state index is 12.8. The fourth-order valence-electron chi connectivity index (χ4n) is 3.36. The number of halogens is 3. The summed E-state index contributed by atoms with van der Waals surface area (Å²) in [5.41, 5.74) is 2.72. The summed E-state index contributed by atoms with van der Waals surface area (Å²) in [6.07, 6.45) is 4.61. The van der Waals surface area contributed by atoms with E-state index in [4.69, 9.17) is 9.47 Å². The van der Waals surface area contributed by atoms with Crippen molar-refractivity contribution < 1.29 is 22.6 Å². The van der Waals surface area contributed by atoms with E-state index in [2.05, 4.69) is 10.1 Å². The van der Waals surface area contributed by atoms with Gasteiger partial charge in [0.1, 0.15) is 6.61 Å². The van der Waals surface area contributed by atoms with Crippen LogP contribution in [-0.4, -0.2) is 26.4 Å². The van der Waals surface area contributed by atoms with E-state index >= 15 is 0 Å². The van der Waals surface area contributed by atoms with Crippen LogP contribution in [0.1, 0.15) is 16.7 Å². The Hall–Kier alpha value is -3.75. The van der Waals surface area contributed by atoms with Crippen LogP contribution in [0, 0.1) is 0 Å². The van der Waals surface area contributed by atoms with Crippen LogP contribution in [0.4, 0.5) is 13.2 Å². The van der Waals surface area contributed by atoms with E-state index in [0.29, 0.717) is 23.6 Å². The van der Waals surface area contributed by atoms with Crippen LogP contribution in [0.2, 0.25) is 0 Å². The third kappa shape index (κ3) is 4.77. The molecule has 0 amide bonds. The van der Waals surface area contributed by atoms with Gasteiger partial charge in [-0.05, 0) is 41.0 Å². The molecular weight excluding hydrogens is 421 g/mol. The number of rotatable bonds is 7. The molecule has 4 rings (SSSR count). The number of benzene rings is 2. The van der Waals surface area contributed by atoms with Crippen molar-refractivity contribution in [1.29, 1.82) is 0 Å². The molecule has 0 aliphatic heterocycles. The van der Waals surface area contributed by atoms with Gasteiger partial charge >= 0.3 is 6.18 Å². The van der Waals surface area contributed by atoms with E-state index in [-0.39, 0.29) is 6.61 Å². The Morgan fingerprint density at radius 2 is 1.84 bits per heavy atom. The number of ether oxygens (including phenoxy) is 2. The van der Waals surface area contributed by atoms with E-state index in [1.165, 1.54) is 12.1 Å². The summed E-state index contributed by atoms with van der Waals surface area (Å²) in [6, 6.07) is 8.67. The van der Waals surface area contributed by atoms with Crippen LogP contribution in [0.25, 0.3) is 11.1 Å². The summed E-state index contributed by atoms with van der Waals surface area (Å²) in [5.74, 6) is 1.01. The number of aromatic nitrogens is 4. The lowest BCUT2D eigenvalue weighted by atomic mass is 10.0. The van der Waals surface area contributed by atoms with Crippen molar-refractivity contribution in [3.05, 3.63) is 84.2 Å². The van der Waals surface area contributed by atoms with Crippen LogP contribution in [0.5, 0.6) is 11.5 Å². The highest BCUT2D eigenvalue weighted by Crippen LogP contribution is 2.37. The minimum Gasteiger partial charge on any atom is -0.493 e. The maximum Gasteiger partial charge on any atom is 0.416 e. The van der Waals surface area contributed by atoms with Gasteiger partial charge in [-0.15, -0.1) is 0 Å². The smallest absolute Gasteiger partial charge is 0.416 e. The predicted octanol–water partition coefficient (Wildman–Crippen LogP) is 4.94. The summed E-state index contributed by atoms with van der Waals surface area (Å²) in [7, 11) is 3.38. The van der Waals surface area contributed by atoms with Crippen LogP contribution in [0.15, 0.2) is 67.5 Å². The molecule has 32 heavy (non-hydrogen) atoms. The monoisotopic (exact) mass is 442 g/mol. The van der Waals surface area contributed by atoms with E-state index in [9.17, 15) is 13.2 Å². The van der Waals surface area contributed by atoms with Gasteiger partial charge in [0.2, 0.25) is 0 Å². The first-order valence-corrected chi connectivity index (χ1v) is 9.78. The summed E-state index contributed by atoms with van der Waals surface area (Å²) < 4.78 is 53.5. The number of hydrogen-bond donors (Lipinski definition) is 0. The van der Waals surface area contributed by atoms with Gasteiger partial charge in [-0.3, -0.25) is 4.68 Å². The SMILES string of the molecule is COc1cc(Cn2ccnc2)c(-c2cnn(C)c2)cc1OCc1ccc(C(F)(F)F)cc1. The molecule has 2 aromatic carbocycles. The standard InChI is InChI=1S/C23H21F3N4O2/c1-29-12-18(11-28-29)20-10-22(21(31-2)9-17(20)13-30-8-7-27-15-30)32-14-16-3-5-19(6-4-16)23(24,25)26/h3-12,15H,13-14H2,1-2H3. The Bertz CT molecular complexity index is 1180. The Morgan fingerprint density at radius 3 is 2.44 bits per heavy atom. The molecule has 0 unspecified atom stereocenters. The molecule has 0 bridgehead atoms. The van der Waals surface area contributed by atoms with Crippen LogP contribution < -0.4 is 9.47 Å². The van der Waals surface area contributed by atoms with Gasteiger partial charge in [-0.25, -0.2) is 4.98 Å². The normalized spacial score (nSPS) is 11.5. The minimum absolute atomic E-state index is 0.0991. The number of methoxy groups -OCH3 is 1. The first-order chi connectivity index (χ1) is 15.3. The van der Waals surface area contributed by atoms with Gasteiger partial charge in [0, 0.05) is 37.7 Å². The number of nitrogens with zero attached hydrogens (tertiary/aromatic N) is 4. The van der Waals surface area contributed by atoms with Crippen LogP contribution in [0.3, 0.4) is 0 Å². The van der Waals surface area contributed by atoms with Gasteiger partial charge in [0.05, 0.1) is 25.2 Å². The summed E-state index contributed by atoms with van der Waals surface area (Å²) in [6.45, 7) is 0.668. The van der Waals surface area contributed by atoms with Crippen LogP contribution >= 0.6 is 0 Å². The second-order valence-electron chi connectivity index (χ2n) is 7.28. The number of alkyl halides is 3. The van der Waals surface area contributed by atoms with E-state index < -0.39 is 11.7 Å². The molecule has 2 heterocycles. The molecule has 6 nitrogen and oxygen atoms in total. The minimum atomic E-state index is -4.37. The van der Waals surface area contributed by atoms with E-state index in [0.717, 1.165) is 28.8 Å². The Balaban J connectivity index is 1.64. The average Bonchev–Trinajstić information content (AvgIpc) is 3.44. The zero-order valence-corrected chi connectivity index (χ0v) is 17.5. The molecule has 0 N–H and O–H groups in total.